The van der Waals surface area contributed by atoms with Crippen molar-refractivity contribution >= 4 is 22.6 Å². The Labute approximate surface area is 169 Å². The number of aryl methyl sites for hydroxylation is 2. The van der Waals surface area contributed by atoms with Crippen molar-refractivity contribution in [3.8, 4) is 11.5 Å². The zero-order valence-corrected chi connectivity index (χ0v) is 17.3. The van der Waals surface area contributed by atoms with Crippen LogP contribution in [0.1, 0.15) is 41.4 Å². The van der Waals surface area contributed by atoms with Gasteiger partial charge in [0.25, 0.3) is 5.91 Å². The molecule has 0 radical (unpaired) electrons. The van der Waals surface area contributed by atoms with E-state index in [0.29, 0.717) is 22.7 Å². The molecule has 0 aliphatic heterocycles. The Balaban J connectivity index is 1.90. The molecule has 0 saturated carbocycles. The highest BCUT2D eigenvalue weighted by Gasteiger charge is 2.23. The molecule has 29 heavy (non-hydrogen) atoms. The molecule has 0 aliphatic carbocycles. The number of anilines is 1. The van der Waals surface area contributed by atoms with E-state index in [1.54, 1.807) is 30.5 Å². The number of pyridine rings is 1. The van der Waals surface area contributed by atoms with Crippen LogP contribution in [0.15, 0.2) is 53.3 Å². The highest BCUT2D eigenvalue weighted by molar-refractivity contribution is 6.13. The number of nitrogens with zero attached hydrogens (tertiary/aromatic N) is 4. The van der Waals surface area contributed by atoms with Crippen molar-refractivity contribution in [1.29, 1.82) is 0 Å². The fraction of sp³-hybridized carbons (Fsp3) is 0.261. The van der Waals surface area contributed by atoms with Crippen LogP contribution in [-0.2, 0) is 0 Å². The lowest BCUT2D eigenvalue weighted by atomic mass is 10.1. The average molecular weight is 388 g/mol. The van der Waals surface area contributed by atoms with Gasteiger partial charge >= 0.3 is 0 Å². The van der Waals surface area contributed by atoms with Crippen molar-refractivity contribution in [2.45, 2.75) is 33.7 Å². The summed E-state index contributed by atoms with van der Waals surface area (Å²) >= 11 is 0. The van der Waals surface area contributed by atoms with E-state index < -0.39 is 0 Å². The standard InChI is InChI=1S/C23H24N4O2/c1-14(2)27-22-18(13-24-27)17(12-19(25-22)21-7-6-10-29-21)23(28)26(5)20-11-15(3)8-9-16(20)4/h6-14H,1-5H3. The summed E-state index contributed by atoms with van der Waals surface area (Å²) in [6, 6.07) is 11.7. The van der Waals surface area contributed by atoms with Gasteiger partial charge < -0.3 is 9.32 Å². The Morgan fingerprint density at radius 1 is 1.17 bits per heavy atom. The van der Waals surface area contributed by atoms with E-state index in [1.165, 1.54) is 0 Å². The number of amides is 1. The molecule has 6 heteroatoms. The summed E-state index contributed by atoms with van der Waals surface area (Å²) in [5.41, 5.74) is 4.87. The van der Waals surface area contributed by atoms with Crippen molar-refractivity contribution in [1.82, 2.24) is 14.8 Å². The van der Waals surface area contributed by atoms with Crippen LogP contribution in [0.2, 0.25) is 0 Å². The normalized spacial score (nSPS) is 11.4. The first-order valence-electron chi connectivity index (χ1n) is 9.64. The second-order valence-electron chi connectivity index (χ2n) is 7.61. The highest BCUT2D eigenvalue weighted by atomic mass is 16.3. The molecular weight excluding hydrogens is 364 g/mol. The molecule has 0 bridgehead atoms. The maximum atomic E-state index is 13.6. The lowest BCUT2D eigenvalue weighted by molar-refractivity contribution is 0.0994. The van der Waals surface area contributed by atoms with Crippen molar-refractivity contribution < 1.29 is 9.21 Å². The zero-order chi connectivity index (χ0) is 20.7. The van der Waals surface area contributed by atoms with Gasteiger partial charge in [-0.25, -0.2) is 9.67 Å². The predicted molar refractivity (Wildman–Crippen MR) is 114 cm³/mol. The molecule has 4 rings (SSSR count). The Morgan fingerprint density at radius 2 is 1.97 bits per heavy atom. The fourth-order valence-corrected chi connectivity index (χ4v) is 3.49. The number of carbonyl (C=O) groups excluding carboxylic acids is 1. The Bertz CT molecular complexity index is 1190. The van der Waals surface area contributed by atoms with Gasteiger partial charge in [-0.1, -0.05) is 12.1 Å². The van der Waals surface area contributed by atoms with Gasteiger partial charge in [0.15, 0.2) is 11.4 Å². The van der Waals surface area contributed by atoms with Crippen LogP contribution < -0.4 is 4.90 Å². The molecule has 3 aromatic heterocycles. The SMILES string of the molecule is Cc1ccc(C)c(N(C)C(=O)c2cc(-c3ccco3)nc3c2cnn3C(C)C)c1. The van der Waals surface area contributed by atoms with E-state index in [0.717, 1.165) is 22.2 Å². The van der Waals surface area contributed by atoms with Crippen LogP contribution in [0.4, 0.5) is 5.69 Å². The average Bonchev–Trinajstić information content (AvgIpc) is 3.37. The first-order chi connectivity index (χ1) is 13.9. The molecule has 0 unspecified atom stereocenters. The predicted octanol–water partition coefficient (Wildman–Crippen LogP) is 5.17. The van der Waals surface area contributed by atoms with Crippen molar-refractivity contribution in [3.63, 3.8) is 0 Å². The van der Waals surface area contributed by atoms with E-state index >= 15 is 0 Å². The van der Waals surface area contributed by atoms with E-state index in [2.05, 4.69) is 5.10 Å². The summed E-state index contributed by atoms with van der Waals surface area (Å²) < 4.78 is 7.37. The summed E-state index contributed by atoms with van der Waals surface area (Å²) in [6.45, 7) is 8.11. The highest BCUT2D eigenvalue weighted by Crippen LogP contribution is 2.29. The molecule has 0 atom stereocenters. The number of hydrogen-bond donors (Lipinski definition) is 0. The van der Waals surface area contributed by atoms with E-state index in [4.69, 9.17) is 9.40 Å². The maximum Gasteiger partial charge on any atom is 0.258 e. The number of rotatable bonds is 4. The summed E-state index contributed by atoms with van der Waals surface area (Å²) in [7, 11) is 1.80. The van der Waals surface area contributed by atoms with Crippen LogP contribution >= 0.6 is 0 Å². The minimum atomic E-state index is -0.109. The summed E-state index contributed by atoms with van der Waals surface area (Å²) in [5.74, 6) is 0.508. The van der Waals surface area contributed by atoms with Crippen LogP contribution in [0, 0.1) is 13.8 Å². The van der Waals surface area contributed by atoms with Gasteiger partial charge in [-0.2, -0.15) is 5.10 Å². The number of carbonyl (C=O) groups is 1. The van der Waals surface area contributed by atoms with Gasteiger partial charge in [0.2, 0.25) is 0 Å². The number of furan rings is 1. The van der Waals surface area contributed by atoms with Gasteiger partial charge in [0, 0.05) is 18.8 Å². The van der Waals surface area contributed by atoms with Gasteiger partial charge in [-0.3, -0.25) is 4.79 Å². The smallest absolute Gasteiger partial charge is 0.258 e. The van der Waals surface area contributed by atoms with Crippen LogP contribution in [0.5, 0.6) is 0 Å². The van der Waals surface area contributed by atoms with Gasteiger partial charge in [-0.05, 0) is 63.1 Å². The monoisotopic (exact) mass is 388 g/mol. The largest absolute Gasteiger partial charge is 0.463 e. The second kappa shape index (κ2) is 7.20. The molecule has 0 fully saturated rings. The topological polar surface area (TPSA) is 64.2 Å². The third kappa shape index (κ3) is 3.31. The fourth-order valence-electron chi connectivity index (χ4n) is 3.49. The lowest BCUT2D eigenvalue weighted by Crippen LogP contribution is -2.27. The molecule has 148 valence electrons. The number of aromatic nitrogens is 3. The van der Waals surface area contributed by atoms with Crippen LogP contribution in [-0.4, -0.2) is 27.7 Å². The third-order valence-electron chi connectivity index (χ3n) is 5.09. The number of hydrogen-bond acceptors (Lipinski definition) is 4. The Morgan fingerprint density at radius 3 is 2.66 bits per heavy atom. The lowest BCUT2D eigenvalue weighted by Gasteiger charge is -2.21. The van der Waals surface area contributed by atoms with Crippen LogP contribution in [0.25, 0.3) is 22.5 Å². The quantitative estimate of drug-likeness (QED) is 0.484. The summed E-state index contributed by atoms with van der Waals surface area (Å²) in [6.07, 6.45) is 3.32. The van der Waals surface area contributed by atoms with Gasteiger partial charge in [0.05, 0.1) is 23.4 Å². The third-order valence-corrected chi connectivity index (χ3v) is 5.09. The van der Waals surface area contributed by atoms with E-state index in [9.17, 15) is 4.79 Å². The molecule has 0 spiro atoms. The number of fused-ring (bicyclic) bond motifs is 1. The molecule has 4 aromatic rings. The van der Waals surface area contributed by atoms with Crippen molar-refractivity contribution in [3.05, 3.63) is 65.5 Å². The maximum absolute atomic E-state index is 13.6. The number of benzene rings is 1. The molecule has 3 heterocycles. The van der Waals surface area contributed by atoms with Crippen molar-refractivity contribution in [2.75, 3.05) is 11.9 Å². The van der Waals surface area contributed by atoms with E-state index in [1.807, 2.05) is 62.7 Å². The summed E-state index contributed by atoms with van der Waals surface area (Å²) in [5, 5.41) is 5.21. The first kappa shape index (κ1) is 18.9. The van der Waals surface area contributed by atoms with Crippen LogP contribution in [0.3, 0.4) is 0 Å². The minimum absolute atomic E-state index is 0.109. The molecule has 1 aromatic carbocycles. The molecular formula is C23H24N4O2. The Hall–Kier alpha value is -3.41. The molecule has 6 nitrogen and oxygen atoms in total. The summed E-state index contributed by atoms with van der Waals surface area (Å²) in [4.78, 5) is 20.0. The zero-order valence-electron chi connectivity index (χ0n) is 17.3. The molecule has 0 saturated heterocycles. The second-order valence-corrected chi connectivity index (χ2v) is 7.61. The van der Waals surface area contributed by atoms with Gasteiger partial charge in [-0.15, -0.1) is 0 Å². The molecule has 0 aliphatic rings. The van der Waals surface area contributed by atoms with Gasteiger partial charge in [0.1, 0.15) is 5.69 Å². The van der Waals surface area contributed by atoms with E-state index in [-0.39, 0.29) is 11.9 Å². The van der Waals surface area contributed by atoms with Crippen molar-refractivity contribution in [2.24, 2.45) is 0 Å². The minimum Gasteiger partial charge on any atom is -0.463 e. The molecule has 1 amide bonds. The Kier molecular flexibility index (Phi) is 4.70. The first-order valence-corrected chi connectivity index (χ1v) is 9.64. The molecule has 0 N–H and O–H groups in total.